The van der Waals surface area contributed by atoms with Crippen LogP contribution in [0.3, 0.4) is 0 Å². The minimum absolute atomic E-state index is 0.0113. The van der Waals surface area contributed by atoms with E-state index in [2.05, 4.69) is 0 Å². The van der Waals surface area contributed by atoms with E-state index in [-0.39, 0.29) is 16.7 Å². The molecule has 0 radical (unpaired) electrons. The lowest BCUT2D eigenvalue weighted by atomic mass is 10.1. The summed E-state index contributed by atoms with van der Waals surface area (Å²) in [4.78, 5) is 0.0113. The van der Waals surface area contributed by atoms with Crippen LogP contribution in [-0.4, -0.2) is 21.1 Å². The Hall–Kier alpha value is -1.11. The highest BCUT2D eigenvalue weighted by Crippen LogP contribution is 2.25. The summed E-state index contributed by atoms with van der Waals surface area (Å²) in [6.45, 7) is 4.09. The molecule has 0 unspecified atom stereocenters. The predicted molar refractivity (Wildman–Crippen MR) is 66.3 cm³/mol. The third-order valence-corrected chi connectivity index (χ3v) is 3.04. The molecule has 17 heavy (non-hydrogen) atoms. The molecule has 1 aromatic rings. The van der Waals surface area contributed by atoms with E-state index in [4.69, 9.17) is 15.6 Å². The Kier molecular flexibility index (Phi) is 4.50. The number of rotatable bonds is 5. The lowest BCUT2D eigenvalue weighted by molar-refractivity contribution is 0.236. The smallest absolute Gasteiger partial charge is 0.241 e. The Balaban J connectivity index is 3.22. The number of hydrogen-bond donors (Lipinski definition) is 2. The van der Waals surface area contributed by atoms with Crippen molar-refractivity contribution in [2.75, 3.05) is 6.54 Å². The fourth-order valence-corrected chi connectivity index (χ4v) is 2.16. The second kappa shape index (κ2) is 5.48. The van der Waals surface area contributed by atoms with Crippen molar-refractivity contribution >= 4 is 10.0 Å². The zero-order valence-corrected chi connectivity index (χ0v) is 10.8. The summed E-state index contributed by atoms with van der Waals surface area (Å²) in [6, 6.07) is 4.92. The lowest BCUT2D eigenvalue weighted by Gasteiger charge is -2.14. The number of ether oxygens (including phenoxy) is 1. The maximum absolute atomic E-state index is 11.5. The van der Waals surface area contributed by atoms with Crippen molar-refractivity contribution in [2.45, 2.75) is 31.3 Å². The molecular weight excluding hydrogens is 240 g/mol. The van der Waals surface area contributed by atoms with Gasteiger partial charge in [-0.05, 0) is 44.5 Å². The van der Waals surface area contributed by atoms with Crippen molar-refractivity contribution in [3.8, 4) is 5.75 Å². The van der Waals surface area contributed by atoms with Gasteiger partial charge in [-0.25, -0.2) is 13.6 Å². The van der Waals surface area contributed by atoms with Crippen molar-refractivity contribution in [3.05, 3.63) is 23.8 Å². The molecule has 0 aliphatic carbocycles. The molecule has 5 nitrogen and oxygen atoms in total. The van der Waals surface area contributed by atoms with Crippen molar-refractivity contribution < 1.29 is 13.2 Å². The van der Waals surface area contributed by atoms with Gasteiger partial charge in [0.2, 0.25) is 10.0 Å². The Morgan fingerprint density at radius 3 is 2.47 bits per heavy atom. The van der Waals surface area contributed by atoms with E-state index in [9.17, 15) is 8.42 Å². The first-order chi connectivity index (χ1) is 7.84. The molecule has 0 aromatic heterocycles. The van der Waals surface area contributed by atoms with Crippen LogP contribution in [0.25, 0.3) is 0 Å². The third kappa shape index (κ3) is 3.99. The number of hydrogen-bond acceptors (Lipinski definition) is 4. The number of benzene rings is 1. The molecule has 0 bridgehead atoms. The molecule has 0 aliphatic heterocycles. The van der Waals surface area contributed by atoms with Gasteiger partial charge in [0.25, 0.3) is 0 Å². The molecule has 0 atom stereocenters. The SMILES string of the molecule is CC(C)Oc1ccc(CCN)cc1S(N)(=O)=O. The summed E-state index contributed by atoms with van der Waals surface area (Å²) < 4.78 is 28.3. The summed E-state index contributed by atoms with van der Waals surface area (Å²) in [5, 5.41) is 5.16. The second-order valence-corrected chi connectivity index (χ2v) is 5.56. The Bertz CT molecular complexity index is 483. The summed E-state index contributed by atoms with van der Waals surface area (Å²) in [5.74, 6) is 0.281. The van der Waals surface area contributed by atoms with Gasteiger partial charge in [-0.1, -0.05) is 6.07 Å². The number of primary sulfonamides is 1. The van der Waals surface area contributed by atoms with Gasteiger partial charge >= 0.3 is 0 Å². The van der Waals surface area contributed by atoms with Crippen LogP contribution in [0, 0.1) is 0 Å². The fraction of sp³-hybridized carbons (Fsp3) is 0.455. The van der Waals surface area contributed by atoms with Gasteiger partial charge in [-0.15, -0.1) is 0 Å². The maximum atomic E-state index is 11.5. The van der Waals surface area contributed by atoms with E-state index in [0.717, 1.165) is 5.56 Å². The van der Waals surface area contributed by atoms with Crippen molar-refractivity contribution in [2.24, 2.45) is 10.9 Å². The lowest BCUT2D eigenvalue weighted by Crippen LogP contribution is -2.16. The summed E-state index contributed by atoms with van der Waals surface area (Å²) in [7, 11) is -3.79. The van der Waals surface area contributed by atoms with E-state index < -0.39 is 10.0 Å². The molecule has 0 heterocycles. The van der Waals surface area contributed by atoms with Crippen molar-refractivity contribution in [1.29, 1.82) is 0 Å². The van der Waals surface area contributed by atoms with E-state index in [1.54, 1.807) is 12.1 Å². The molecule has 0 spiro atoms. The predicted octanol–water partition coefficient (Wildman–Crippen LogP) is 0.622. The highest BCUT2D eigenvalue weighted by Gasteiger charge is 2.16. The van der Waals surface area contributed by atoms with Crippen LogP contribution in [0.5, 0.6) is 5.75 Å². The minimum atomic E-state index is -3.79. The molecule has 0 saturated heterocycles. The standard InChI is InChI=1S/C11H18N2O3S/c1-8(2)16-10-4-3-9(5-6-12)7-11(10)17(13,14)15/h3-4,7-8H,5-6,12H2,1-2H3,(H2,13,14,15). The molecule has 0 aliphatic rings. The van der Waals surface area contributed by atoms with Gasteiger partial charge in [0, 0.05) is 0 Å². The highest BCUT2D eigenvalue weighted by atomic mass is 32.2. The first-order valence-electron chi connectivity index (χ1n) is 5.37. The first kappa shape index (κ1) is 14.0. The average Bonchev–Trinajstić information content (AvgIpc) is 2.18. The van der Waals surface area contributed by atoms with Gasteiger partial charge in [0.15, 0.2) is 0 Å². The van der Waals surface area contributed by atoms with E-state index >= 15 is 0 Å². The molecule has 1 aromatic carbocycles. The number of sulfonamides is 1. The molecule has 0 saturated carbocycles. The van der Waals surface area contributed by atoms with Crippen molar-refractivity contribution in [1.82, 2.24) is 0 Å². The van der Waals surface area contributed by atoms with Gasteiger partial charge in [-0.2, -0.15) is 0 Å². The van der Waals surface area contributed by atoms with E-state index in [1.807, 2.05) is 13.8 Å². The molecule has 96 valence electrons. The zero-order chi connectivity index (χ0) is 13.1. The average molecular weight is 258 g/mol. The first-order valence-corrected chi connectivity index (χ1v) is 6.91. The molecular formula is C11H18N2O3S. The van der Waals surface area contributed by atoms with Crippen LogP contribution in [0.2, 0.25) is 0 Å². The van der Waals surface area contributed by atoms with Gasteiger partial charge in [0.05, 0.1) is 6.10 Å². The topological polar surface area (TPSA) is 95.4 Å². The molecule has 1 rings (SSSR count). The van der Waals surface area contributed by atoms with Gasteiger partial charge in [-0.3, -0.25) is 0 Å². The Morgan fingerprint density at radius 2 is 2.00 bits per heavy atom. The minimum Gasteiger partial charge on any atom is -0.490 e. The largest absolute Gasteiger partial charge is 0.490 e. The fourth-order valence-electron chi connectivity index (χ4n) is 1.45. The van der Waals surface area contributed by atoms with Gasteiger partial charge < -0.3 is 10.5 Å². The quantitative estimate of drug-likeness (QED) is 0.809. The van der Waals surface area contributed by atoms with E-state index in [1.165, 1.54) is 6.07 Å². The Morgan fingerprint density at radius 1 is 1.35 bits per heavy atom. The van der Waals surface area contributed by atoms with Crippen LogP contribution in [0.1, 0.15) is 19.4 Å². The second-order valence-electron chi connectivity index (χ2n) is 4.03. The zero-order valence-electron chi connectivity index (χ0n) is 10.0. The third-order valence-electron chi connectivity index (χ3n) is 2.11. The highest BCUT2D eigenvalue weighted by molar-refractivity contribution is 7.89. The molecule has 0 amide bonds. The summed E-state index contributed by atoms with van der Waals surface area (Å²) in [5.41, 5.74) is 6.25. The summed E-state index contributed by atoms with van der Waals surface area (Å²) in [6.07, 6.45) is 0.487. The van der Waals surface area contributed by atoms with Crippen LogP contribution in [0.15, 0.2) is 23.1 Å². The van der Waals surface area contributed by atoms with Crippen LogP contribution >= 0.6 is 0 Å². The van der Waals surface area contributed by atoms with E-state index in [0.29, 0.717) is 13.0 Å². The van der Waals surface area contributed by atoms with Gasteiger partial charge in [0.1, 0.15) is 10.6 Å². The maximum Gasteiger partial charge on any atom is 0.241 e. The number of nitrogens with two attached hydrogens (primary N) is 2. The monoisotopic (exact) mass is 258 g/mol. The normalized spacial score (nSPS) is 11.8. The molecule has 4 N–H and O–H groups in total. The molecule has 6 heteroatoms. The summed E-state index contributed by atoms with van der Waals surface area (Å²) >= 11 is 0. The Labute approximate surface area is 102 Å². The van der Waals surface area contributed by atoms with Crippen LogP contribution in [0.4, 0.5) is 0 Å². The molecule has 0 fully saturated rings. The van der Waals surface area contributed by atoms with Crippen LogP contribution < -0.4 is 15.6 Å². The van der Waals surface area contributed by atoms with Crippen LogP contribution in [-0.2, 0) is 16.4 Å². The van der Waals surface area contributed by atoms with Crippen molar-refractivity contribution in [3.63, 3.8) is 0 Å².